The summed E-state index contributed by atoms with van der Waals surface area (Å²) in [4.78, 5) is 31.1. The molecule has 114 valence electrons. The van der Waals surface area contributed by atoms with Crippen molar-refractivity contribution < 1.29 is 9.59 Å². The standard InChI is InChI=1S/C15H27N3O2/c1-4-5-8-17(3)13(19)15(6-7-15)14(20)18-11-9-16(2)10-12-18/h4-12H2,1-3H3. The van der Waals surface area contributed by atoms with Crippen LogP contribution < -0.4 is 0 Å². The normalized spacial score (nSPS) is 21.6. The summed E-state index contributed by atoms with van der Waals surface area (Å²) in [6.45, 7) is 6.18. The minimum Gasteiger partial charge on any atom is -0.345 e. The van der Waals surface area contributed by atoms with Gasteiger partial charge in [-0.15, -0.1) is 0 Å². The van der Waals surface area contributed by atoms with E-state index in [1.165, 1.54) is 0 Å². The molecule has 2 fully saturated rings. The Morgan fingerprint density at radius 3 is 2.25 bits per heavy atom. The first-order valence-corrected chi connectivity index (χ1v) is 7.75. The molecule has 0 aromatic carbocycles. The molecule has 2 amide bonds. The molecule has 1 heterocycles. The third-order valence-corrected chi connectivity index (χ3v) is 4.55. The predicted octanol–water partition coefficient (Wildman–Crippen LogP) is 0.799. The minimum atomic E-state index is -0.710. The van der Waals surface area contributed by atoms with Gasteiger partial charge in [0.1, 0.15) is 5.41 Å². The number of hydrogen-bond donors (Lipinski definition) is 0. The van der Waals surface area contributed by atoms with Gasteiger partial charge in [0.05, 0.1) is 0 Å². The molecule has 0 N–H and O–H groups in total. The molecule has 0 aromatic rings. The highest BCUT2D eigenvalue weighted by Gasteiger charge is 2.58. The number of unbranched alkanes of at least 4 members (excludes halogenated alkanes) is 1. The molecule has 0 radical (unpaired) electrons. The van der Waals surface area contributed by atoms with Crippen molar-refractivity contribution >= 4 is 11.8 Å². The lowest BCUT2D eigenvalue weighted by molar-refractivity contribution is -0.149. The number of piperazine rings is 1. The van der Waals surface area contributed by atoms with Gasteiger partial charge in [0.15, 0.2) is 0 Å². The van der Waals surface area contributed by atoms with Gasteiger partial charge in [-0.2, -0.15) is 0 Å². The maximum absolute atomic E-state index is 12.7. The van der Waals surface area contributed by atoms with E-state index in [9.17, 15) is 9.59 Å². The zero-order valence-electron chi connectivity index (χ0n) is 13.0. The summed E-state index contributed by atoms with van der Waals surface area (Å²) in [6.07, 6.45) is 3.53. The number of nitrogens with zero attached hydrogens (tertiary/aromatic N) is 3. The molecule has 5 nitrogen and oxygen atoms in total. The molecular formula is C15H27N3O2. The van der Waals surface area contributed by atoms with Crippen molar-refractivity contribution in [2.45, 2.75) is 32.6 Å². The van der Waals surface area contributed by atoms with Crippen LogP contribution in [0.5, 0.6) is 0 Å². The average Bonchev–Trinajstić information content (AvgIpc) is 3.25. The lowest BCUT2D eigenvalue weighted by Gasteiger charge is -2.35. The molecule has 2 rings (SSSR count). The van der Waals surface area contributed by atoms with Crippen LogP contribution in [0.25, 0.3) is 0 Å². The van der Waals surface area contributed by atoms with E-state index >= 15 is 0 Å². The SMILES string of the molecule is CCCCN(C)C(=O)C1(C(=O)N2CCN(C)CC2)CC1. The maximum Gasteiger partial charge on any atom is 0.238 e. The van der Waals surface area contributed by atoms with Crippen LogP contribution in [0.15, 0.2) is 0 Å². The second kappa shape index (κ2) is 6.12. The summed E-state index contributed by atoms with van der Waals surface area (Å²) in [5.41, 5.74) is -0.710. The summed E-state index contributed by atoms with van der Waals surface area (Å²) in [7, 11) is 3.90. The van der Waals surface area contributed by atoms with E-state index in [1.54, 1.807) is 4.90 Å². The zero-order valence-corrected chi connectivity index (χ0v) is 13.0. The molecule has 1 aliphatic carbocycles. The van der Waals surface area contributed by atoms with Crippen LogP contribution in [0.3, 0.4) is 0 Å². The fourth-order valence-corrected chi connectivity index (χ4v) is 2.82. The maximum atomic E-state index is 12.7. The Hall–Kier alpha value is -1.10. The molecule has 1 saturated carbocycles. The zero-order chi connectivity index (χ0) is 14.8. The lowest BCUT2D eigenvalue weighted by Crippen LogP contribution is -2.52. The van der Waals surface area contributed by atoms with Crippen molar-refractivity contribution in [3.8, 4) is 0 Å². The highest BCUT2D eigenvalue weighted by molar-refractivity contribution is 6.07. The van der Waals surface area contributed by atoms with E-state index in [1.807, 2.05) is 11.9 Å². The van der Waals surface area contributed by atoms with Crippen molar-refractivity contribution in [2.24, 2.45) is 5.41 Å². The second-order valence-corrected chi connectivity index (χ2v) is 6.26. The van der Waals surface area contributed by atoms with E-state index in [0.29, 0.717) is 0 Å². The van der Waals surface area contributed by atoms with Crippen LogP contribution in [0, 0.1) is 5.41 Å². The third kappa shape index (κ3) is 2.97. The van der Waals surface area contributed by atoms with Gasteiger partial charge in [-0.3, -0.25) is 9.59 Å². The van der Waals surface area contributed by atoms with Crippen LogP contribution in [0.1, 0.15) is 32.6 Å². The van der Waals surface area contributed by atoms with Crippen LogP contribution in [-0.4, -0.2) is 73.3 Å². The van der Waals surface area contributed by atoms with Crippen LogP contribution in [0.4, 0.5) is 0 Å². The average molecular weight is 281 g/mol. The summed E-state index contributed by atoms with van der Waals surface area (Å²) >= 11 is 0. The number of amides is 2. The van der Waals surface area contributed by atoms with Gasteiger partial charge >= 0.3 is 0 Å². The quantitative estimate of drug-likeness (QED) is 0.700. The molecule has 2 aliphatic rings. The van der Waals surface area contributed by atoms with Crippen molar-refractivity contribution in [3.05, 3.63) is 0 Å². The van der Waals surface area contributed by atoms with Crippen molar-refractivity contribution in [3.63, 3.8) is 0 Å². The van der Waals surface area contributed by atoms with E-state index < -0.39 is 5.41 Å². The van der Waals surface area contributed by atoms with Crippen LogP contribution in [0.2, 0.25) is 0 Å². The molecule has 1 saturated heterocycles. The Balaban J connectivity index is 1.96. The molecule has 0 bridgehead atoms. The molecule has 5 heteroatoms. The van der Waals surface area contributed by atoms with E-state index in [4.69, 9.17) is 0 Å². The van der Waals surface area contributed by atoms with Gasteiger partial charge in [0.25, 0.3) is 0 Å². The molecule has 20 heavy (non-hydrogen) atoms. The number of rotatable bonds is 5. The van der Waals surface area contributed by atoms with Crippen molar-refractivity contribution in [1.82, 2.24) is 14.7 Å². The number of carbonyl (C=O) groups is 2. The fraction of sp³-hybridized carbons (Fsp3) is 0.867. The van der Waals surface area contributed by atoms with E-state index in [0.717, 1.165) is 58.4 Å². The van der Waals surface area contributed by atoms with Gasteiger partial charge in [0.2, 0.25) is 11.8 Å². The number of carbonyl (C=O) groups excluding carboxylic acids is 2. The second-order valence-electron chi connectivity index (χ2n) is 6.26. The van der Waals surface area contributed by atoms with E-state index in [2.05, 4.69) is 18.9 Å². The molecule has 0 aromatic heterocycles. The summed E-state index contributed by atoms with van der Waals surface area (Å²) < 4.78 is 0. The molecular weight excluding hydrogens is 254 g/mol. The van der Waals surface area contributed by atoms with Gasteiger partial charge in [-0.05, 0) is 26.3 Å². The van der Waals surface area contributed by atoms with Gasteiger partial charge in [0, 0.05) is 39.8 Å². The third-order valence-electron chi connectivity index (χ3n) is 4.55. The molecule has 0 atom stereocenters. The van der Waals surface area contributed by atoms with Gasteiger partial charge in [-0.25, -0.2) is 0 Å². The Morgan fingerprint density at radius 1 is 1.15 bits per heavy atom. The highest BCUT2D eigenvalue weighted by atomic mass is 16.2. The first-order chi connectivity index (χ1) is 9.51. The van der Waals surface area contributed by atoms with Crippen LogP contribution >= 0.6 is 0 Å². The highest BCUT2D eigenvalue weighted by Crippen LogP contribution is 2.48. The van der Waals surface area contributed by atoms with E-state index in [-0.39, 0.29) is 11.8 Å². The minimum absolute atomic E-state index is 0.0369. The molecule has 0 spiro atoms. The first-order valence-electron chi connectivity index (χ1n) is 7.75. The summed E-state index contributed by atoms with van der Waals surface area (Å²) in [5, 5.41) is 0. The predicted molar refractivity (Wildman–Crippen MR) is 78.3 cm³/mol. The summed E-state index contributed by atoms with van der Waals surface area (Å²) in [5.74, 6) is 0.105. The Labute approximate surface area is 121 Å². The van der Waals surface area contributed by atoms with Gasteiger partial charge in [-0.1, -0.05) is 13.3 Å². The number of likely N-dealkylation sites (N-methyl/N-ethyl adjacent to an activating group) is 1. The molecule has 0 unspecified atom stereocenters. The largest absolute Gasteiger partial charge is 0.345 e. The monoisotopic (exact) mass is 281 g/mol. The number of hydrogen-bond acceptors (Lipinski definition) is 3. The fourth-order valence-electron chi connectivity index (χ4n) is 2.82. The lowest BCUT2D eigenvalue weighted by atomic mass is 10.0. The van der Waals surface area contributed by atoms with Crippen LogP contribution in [-0.2, 0) is 9.59 Å². The Bertz CT molecular complexity index is 371. The topological polar surface area (TPSA) is 43.9 Å². The Morgan fingerprint density at radius 2 is 1.75 bits per heavy atom. The van der Waals surface area contributed by atoms with Gasteiger partial charge < -0.3 is 14.7 Å². The van der Waals surface area contributed by atoms with Crippen molar-refractivity contribution in [1.29, 1.82) is 0 Å². The molecule has 1 aliphatic heterocycles. The van der Waals surface area contributed by atoms with Crippen molar-refractivity contribution in [2.75, 3.05) is 46.8 Å². The smallest absolute Gasteiger partial charge is 0.238 e. The summed E-state index contributed by atoms with van der Waals surface area (Å²) in [6, 6.07) is 0. The first kappa shape index (κ1) is 15.3. The Kier molecular flexibility index (Phi) is 4.68.